The SMILES string of the molecule is COC(C)c1noc(C2CCC(N)C2)n1. The van der Waals surface area contributed by atoms with Crippen LogP contribution in [0.4, 0.5) is 0 Å². The van der Waals surface area contributed by atoms with Gasteiger partial charge < -0.3 is 15.0 Å². The van der Waals surface area contributed by atoms with Crippen LogP contribution < -0.4 is 5.73 Å². The maximum Gasteiger partial charge on any atom is 0.229 e. The maximum atomic E-state index is 5.84. The zero-order valence-electron chi connectivity index (χ0n) is 9.14. The van der Waals surface area contributed by atoms with Gasteiger partial charge in [-0.15, -0.1) is 0 Å². The predicted octanol–water partition coefficient (Wildman–Crippen LogP) is 1.37. The molecule has 0 saturated heterocycles. The summed E-state index contributed by atoms with van der Waals surface area (Å²) in [5.41, 5.74) is 5.84. The van der Waals surface area contributed by atoms with Crippen LogP contribution in [0, 0.1) is 0 Å². The fourth-order valence-corrected chi connectivity index (χ4v) is 1.92. The second kappa shape index (κ2) is 4.28. The molecule has 3 atom stereocenters. The highest BCUT2D eigenvalue weighted by Crippen LogP contribution is 2.32. The molecular formula is C10H17N3O2. The summed E-state index contributed by atoms with van der Waals surface area (Å²) in [5.74, 6) is 1.67. The maximum absolute atomic E-state index is 5.84. The molecule has 1 heterocycles. The number of nitrogens with two attached hydrogens (primary N) is 1. The molecule has 5 nitrogen and oxygen atoms in total. The first-order valence-corrected chi connectivity index (χ1v) is 5.32. The average molecular weight is 211 g/mol. The van der Waals surface area contributed by atoms with Crippen molar-refractivity contribution in [3.63, 3.8) is 0 Å². The van der Waals surface area contributed by atoms with Gasteiger partial charge in [-0.3, -0.25) is 0 Å². The number of methoxy groups -OCH3 is 1. The van der Waals surface area contributed by atoms with Crippen LogP contribution in [0.25, 0.3) is 0 Å². The van der Waals surface area contributed by atoms with Gasteiger partial charge >= 0.3 is 0 Å². The Morgan fingerprint density at radius 2 is 2.33 bits per heavy atom. The van der Waals surface area contributed by atoms with E-state index in [9.17, 15) is 0 Å². The van der Waals surface area contributed by atoms with E-state index >= 15 is 0 Å². The Morgan fingerprint density at radius 3 is 2.93 bits per heavy atom. The van der Waals surface area contributed by atoms with Gasteiger partial charge in [0.1, 0.15) is 6.10 Å². The topological polar surface area (TPSA) is 74.2 Å². The number of ether oxygens (including phenoxy) is 1. The second-order valence-electron chi connectivity index (χ2n) is 4.14. The van der Waals surface area contributed by atoms with E-state index in [1.807, 2.05) is 6.92 Å². The summed E-state index contributed by atoms with van der Waals surface area (Å²) in [6.07, 6.45) is 2.92. The first-order chi connectivity index (χ1) is 7.20. The van der Waals surface area contributed by atoms with E-state index in [1.54, 1.807) is 7.11 Å². The van der Waals surface area contributed by atoms with Crippen LogP contribution in [0.5, 0.6) is 0 Å². The minimum atomic E-state index is -0.113. The molecule has 1 aromatic rings. The van der Waals surface area contributed by atoms with Crippen LogP contribution in [0.15, 0.2) is 4.52 Å². The molecule has 2 rings (SSSR count). The van der Waals surface area contributed by atoms with Gasteiger partial charge in [0.2, 0.25) is 5.89 Å². The van der Waals surface area contributed by atoms with Crippen LogP contribution in [0.1, 0.15) is 49.9 Å². The average Bonchev–Trinajstić information content (AvgIpc) is 2.84. The van der Waals surface area contributed by atoms with E-state index in [1.165, 1.54) is 0 Å². The molecule has 3 unspecified atom stereocenters. The normalized spacial score (nSPS) is 28.2. The van der Waals surface area contributed by atoms with Crippen LogP contribution in [-0.4, -0.2) is 23.3 Å². The lowest BCUT2D eigenvalue weighted by molar-refractivity contribution is 0.109. The van der Waals surface area contributed by atoms with Crippen molar-refractivity contribution in [1.29, 1.82) is 0 Å². The molecule has 84 valence electrons. The monoisotopic (exact) mass is 211 g/mol. The highest BCUT2D eigenvalue weighted by Gasteiger charge is 2.28. The molecule has 1 saturated carbocycles. The van der Waals surface area contributed by atoms with E-state index in [2.05, 4.69) is 10.1 Å². The third-order valence-corrected chi connectivity index (χ3v) is 3.00. The summed E-state index contributed by atoms with van der Waals surface area (Å²) < 4.78 is 10.3. The van der Waals surface area contributed by atoms with Crippen molar-refractivity contribution < 1.29 is 9.26 Å². The Bertz CT molecular complexity index is 326. The summed E-state index contributed by atoms with van der Waals surface area (Å²) in [6, 6.07) is 0.283. The third kappa shape index (κ3) is 2.18. The molecule has 1 fully saturated rings. The molecule has 0 bridgehead atoms. The molecule has 5 heteroatoms. The molecular weight excluding hydrogens is 194 g/mol. The summed E-state index contributed by atoms with van der Waals surface area (Å²) in [6.45, 7) is 1.90. The van der Waals surface area contributed by atoms with E-state index in [0.29, 0.717) is 17.6 Å². The number of aromatic nitrogens is 2. The van der Waals surface area contributed by atoms with Gasteiger partial charge in [-0.1, -0.05) is 5.16 Å². The lowest BCUT2D eigenvalue weighted by Gasteiger charge is -2.03. The van der Waals surface area contributed by atoms with Crippen molar-refractivity contribution in [2.75, 3.05) is 7.11 Å². The molecule has 1 aromatic heterocycles. The zero-order chi connectivity index (χ0) is 10.8. The van der Waals surface area contributed by atoms with Crippen molar-refractivity contribution in [1.82, 2.24) is 10.1 Å². The van der Waals surface area contributed by atoms with E-state index < -0.39 is 0 Å². The molecule has 2 N–H and O–H groups in total. The smallest absolute Gasteiger partial charge is 0.229 e. The van der Waals surface area contributed by atoms with E-state index in [0.717, 1.165) is 19.3 Å². The summed E-state index contributed by atoms with van der Waals surface area (Å²) >= 11 is 0. The molecule has 0 aliphatic heterocycles. The van der Waals surface area contributed by atoms with E-state index in [4.69, 9.17) is 15.0 Å². The quantitative estimate of drug-likeness (QED) is 0.817. The number of hydrogen-bond acceptors (Lipinski definition) is 5. The standard InChI is InChI=1S/C10H17N3O2/c1-6(14-2)9-12-10(15-13-9)7-3-4-8(11)5-7/h6-8H,3-5,11H2,1-2H3. The van der Waals surface area contributed by atoms with Gasteiger partial charge in [0.15, 0.2) is 5.82 Å². The van der Waals surface area contributed by atoms with Crippen LogP contribution in [0.3, 0.4) is 0 Å². The Morgan fingerprint density at radius 1 is 1.53 bits per heavy atom. The van der Waals surface area contributed by atoms with Crippen molar-refractivity contribution in [3.8, 4) is 0 Å². The van der Waals surface area contributed by atoms with Gasteiger partial charge in [-0.2, -0.15) is 4.98 Å². The van der Waals surface area contributed by atoms with Gasteiger partial charge in [0.25, 0.3) is 0 Å². The fourth-order valence-electron chi connectivity index (χ4n) is 1.92. The van der Waals surface area contributed by atoms with Crippen LogP contribution >= 0.6 is 0 Å². The van der Waals surface area contributed by atoms with Crippen molar-refractivity contribution in [2.24, 2.45) is 5.73 Å². The highest BCUT2D eigenvalue weighted by molar-refractivity contribution is 5.00. The summed E-state index contributed by atoms with van der Waals surface area (Å²) in [7, 11) is 1.63. The van der Waals surface area contributed by atoms with Gasteiger partial charge in [0, 0.05) is 19.1 Å². The van der Waals surface area contributed by atoms with Gasteiger partial charge in [-0.05, 0) is 26.2 Å². The molecule has 0 radical (unpaired) electrons. The van der Waals surface area contributed by atoms with Crippen LogP contribution in [-0.2, 0) is 4.74 Å². The fraction of sp³-hybridized carbons (Fsp3) is 0.800. The molecule has 0 aromatic carbocycles. The Balaban J connectivity index is 2.07. The van der Waals surface area contributed by atoms with Crippen molar-refractivity contribution in [3.05, 3.63) is 11.7 Å². The number of nitrogens with zero attached hydrogens (tertiary/aromatic N) is 2. The molecule has 1 aliphatic carbocycles. The third-order valence-electron chi connectivity index (χ3n) is 3.00. The van der Waals surface area contributed by atoms with Crippen molar-refractivity contribution in [2.45, 2.75) is 44.2 Å². The minimum absolute atomic E-state index is 0.113. The summed E-state index contributed by atoms with van der Waals surface area (Å²) in [4.78, 5) is 4.34. The highest BCUT2D eigenvalue weighted by atomic mass is 16.5. The molecule has 1 aliphatic rings. The Hall–Kier alpha value is -0.940. The largest absolute Gasteiger partial charge is 0.374 e. The van der Waals surface area contributed by atoms with Gasteiger partial charge in [0.05, 0.1) is 0 Å². The minimum Gasteiger partial charge on any atom is -0.374 e. The number of hydrogen-bond donors (Lipinski definition) is 1. The predicted molar refractivity (Wildman–Crippen MR) is 54.3 cm³/mol. The zero-order valence-corrected chi connectivity index (χ0v) is 9.14. The van der Waals surface area contributed by atoms with E-state index in [-0.39, 0.29) is 12.1 Å². The molecule has 15 heavy (non-hydrogen) atoms. The Labute approximate surface area is 89.0 Å². The second-order valence-corrected chi connectivity index (χ2v) is 4.14. The first kappa shape index (κ1) is 10.6. The van der Waals surface area contributed by atoms with Crippen molar-refractivity contribution >= 4 is 0 Å². The van der Waals surface area contributed by atoms with Gasteiger partial charge in [-0.25, -0.2) is 0 Å². The first-order valence-electron chi connectivity index (χ1n) is 5.32. The number of rotatable bonds is 3. The Kier molecular flexibility index (Phi) is 3.02. The lowest BCUT2D eigenvalue weighted by atomic mass is 10.1. The summed E-state index contributed by atoms with van der Waals surface area (Å²) in [5, 5.41) is 3.90. The molecule has 0 amide bonds. The van der Waals surface area contributed by atoms with Crippen LogP contribution in [0.2, 0.25) is 0 Å². The lowest BCUT2D eigenvalue weighted by Crippen LogP contribution is -2.14. The molecule has 0 spiro atoms.